The Labute approximate surface area is 165 Å². The topological polar surface area (TPSA) is 63.4 Å². The molecule has 0 saturated carbocycles. The van der Waals surface area contributed by atoms with Gasteiger partial charge in [0.05, 0.1) is 4.90 Å². The Morgan fingerprint density at radius 2 is 1.64 bits per heavy atom. The molecule has 3 aromatic rings. The average Bonchev–Trinajstić information content (AvgIpc) is 3.15. The number of sulfone groups is 1. The number of aromatic nitrogens is 1. The molecule has 146 valence electrons. The summed E-state index contributed by atoms with van der Waals surface area (Å²) in [5.41, 5.74) is 1.80. The summed E-state index contributed by atoms with van der Waals surface area (Å²) >= 11 is 0. The maximum absolute atomic E-state index is 13.3. The molecule has 1 saturated heterocycles. The number of benzene rings is 2. The number of oxazole rings is 1. The second-order valence-electron chi connectivity index (χ2n) is 7.43. The normalized spacial score (nSPS) is 15.7. The molecule has 0 amide bonds. The van der Waals surface area contributed by atoms with Crippen LogP contribution in [-0.2, 0) is 9.84 Å². The molecule has 1 aliphatic heterocycles. The van der Waals surface area contributed by atoms with Crippen molar-refractivity contribution < 1.29 is 12.8 Å². The molecule has 2 heterocycles. The smallest absolute Gasteiger partial charge is 0.236 e. The fourth-order valence-corrected chi connectivity index (χ4v) is 4.87. The zero-order valence-corrected chi connectivity index (χ0v) is 16.9. The lowest BCUT2D eigenvalue weighted by atomic mass is 9.99. The molecule has 4 rings (SSSR count). The van der Waals surface area contributed by atoms with Crippen molar-refractivity contribution in [3.05, 3.63) is 60.2 Å². The number of rotatable bonds is 4. The zero-order valence-electron chi connectivity index (χ0n) is 16.1. The van der Waals surface area contributed by atoms with E-state index in [2.05, 4.69) is 11.9 Å². The highest BCUT2D eigenvalue weighted by Gasteiger charge is 2.32. The minimum Gasteiger partial charge on any atom is -0.419 e. The van der Waals surface area contributed by atoms with E-state index in [0.29, 0.717) is 17.7 Å². The van der Waals surface area contributed by atoms with Gasteiger partial charge in [-0.1, -0.05) is 43.3 Å². The fraction of sp³-hybridized carbons (Fsp3) is 0.318. The maximum atomic E-state index is 13.3. The monoisotopic (exact) mass is 396 g/mol. The lowest BCUT2D eigenvalue weighted by Gasteiger charge is -2.30. The Morgan fingerprint density at radius 3 is 2.32 bits per heavy atom. The van der Waals surface area contributed by atoms with Gasteiger partial charge in [-0.2, -0.15) is 4.98 Å². The molecule has 2 aromatic carbocycles. The molecule has 6 heteroatoms. The van der Waals surface area contributed by atoms with Crippen molar-refractivity contribution >= 4 is 15.7 Å². The van der Waals surface area contributed by atoms with E-state index in [4.69, 9.17) is 4.42 Å². The van der Waals surface area contributed by atoms with Crippen LogP contribution < -0.4 is 4.90 Å². The van der Waals surface area contributed by atoms with Crippen molar-refractivity contribution in [1.82, 2.24) is 4.98 Å². The third-order valence-corrected chi connectivity index (χ3v) is 7.00. The van der Waals surface area contributed by atoms with E-state index < -0.39 is 9.84 Å². The van der Waals surface area contributed by atoms with E-state index in [1.54, 1.807) is 30.3 Å². The summed E-state index contributed by atoms with van der Waals surface area (Å²) in [5.74, 6) is 1.33. The molecule has 0 aliphatic carbocycles. The van der Waals surface area contributed by atoms with Crippen LogP contribution in [0.5, 0.6) is 0 Å². The quantitative estimate of drug-likeness (QED) is 0.638. The lowest BCUT2D eigenvalue weighted by Crippen LogP contribution is -2.33. The van der Waals surface area contributed by atoms with Crippen LogP contribution in [0.4, 0.5) is 5.88 Å². The van der Waals surface area contributed by atoms with Crippen molar-refractivity contribution in [1.29, 1.82) is 0 Å². The van der Waals surface area contributed by atoms with E-state index >= 15 is 0 Å². The Morgan fingerprint density at radius 1 is 1.00 bits per heavy atom. The highest BCUT2D eigenvalue weighted by atomic mass is 32.2. The maximum Gasteiger partial charge on any atom is 0.236 e. The minimum atomic E-state index is -3.78. The number of piperidine rings is 1. The van der Waals surface area contributed by atoms with Gasteiger partial charge in [-0.15, -0.1) is 0 Å². The number of anilines is 1. The van der Waals surface area contributed by atoms with Crippen molar-refractivity contribution in [2.24, 2.45) is 5.92 Å². The highest BCUT2D eigenvalue weighted by Crippen LogP contribution is 2.37. The third kappa shape index (κ3) is 3.44. The SMILES string of the molecule is Cc1ccccc1-c1nc(S(=O)(=O)c2ccccc2)c(N2CCC(C)CC2)o1. The second-order valence-corrected chi connectivity index (χ2v) is 9.30. The molecule has 5 nitrogen and oxygen atoms in total. The summed E-state index contributed by atoms with van der Waals surface area (Å²) in [6, 6.07) is 16.1. The number of hydrogen-bond donors (Lipinski definition) is 0. The molecule has 0 N–H and O–H groups in total. The van der Waals surface area contributed by atoms with Gasteiger partial charge in [0.25, 0.3) is 0 Å². The van der Waals surface area contributed by atoms with Crippen LogP contribution in [0.25, 0.3) is 11.5 Å². The standard InChI is InChI=1S/C22H24N2O3S/c1-16-12-14-24(15-13-16)22-21(28(25,26)18-9-4-3-5-10-18)23-20(27-22)19-11-7-6-8-17(19)2/h3-11,16H,12-15H2,1-2H3. The van der Waals surface area contributed by atoms with Crippen LogP contribution in [0.1, 0.15) is 25.3 Å². The Hall–Kier alpha value is -2.60. The molecule has 1 fully saturated rings. The minimum absolute atomic E-state index is 0.00602. The third-order valence-electron chi connectivity index (χ3n) is 5.33. The fourth-order valence-electron chi connectivity index (χ4n) is 3.52. The van der Waals surface area contributed by atoms with Crippen LogP contribution in [-0.4, -0.2) is 26.5 Å². The zero-order chi connectivity index (χ0) is 19.7. The first-order chi connectivity index (χ1) is 13.5. The van der Waals surface area contributed by atoms with Crippen molar-refractivity contribution in [2.45, 2.75) is 36.6 Å². The van der Waals surface area contributed by atoms with Crippen molar-refractivity contribution in [3.63, 3.8) is 0 Å². The predicted octanol–water partition coefficient (Wildman–Crippen LogP) is 4.72. The molecule has 0 atom stereocenters. The van der Waals surface area contributed by atoms with Gasteiger partial charge in [-0.3, -0.25) is 0 Å². The van der Waals surface area contributed by atoms with Crippen LogP contribution in [0.2, 0.25) is 0 Å². The molecule has 28 heavy (non-hydrogen) atoms. The first kappa shape index (κ1) is 18.7. The van der Waals surface area contributed by atoms with Crippen molar-refractivity contribution in [2.75, 3.05) is 18.0 Å². The summed E-state index contributed by atoms with van der Waals surface area (Å²) in [5, 5.41) is 0.00602. The van der Waals surface area contributed by atoms with Gasteiger partial charge in [0, 0.05) is 18.7 Å². The lowest BCUT2D eigenvalue weighted by molar-refractivity contribution is 0.415. The van der Waals surface area contributed by atoms with Crippen LogP contribution in [0.15, 0.2) is 68.9 Å². The van der Waals surface area contributed by atoms with Gasteiger partial charge < -0.3 is 9.32 Å². The number of aryl methyl sites for hydroxylation is 1. The first-order valence-electron chi connectivity index (χ1n) is 9.58. The number of nitrogens with zero attached hydrogens (tertiary/aromatic N) is 2. The molecule has 1 aromatic heterocycles. The van der Waals surface area contributed by atoms with Gasteiger partial charge >= 0.3 is 0 Å². The largest absolute Gasteiger partial charge is 0.419 e. The summed E-state index contributed by atoms with van der Waals surface area (Å²) in [7, 11) is -3.78. The van der Waals surface area contributed by atoms with E-state index in [0.717, 1.165) is 37.1 Å². The summed E-state index contributed by atoms with van der Waals surface area (Å²) in [6.07, 6.45) is 2.01. The van der Waals surface area contributed by atoms with Gasteiger partial charge in [0.15, 0.2) is 0 Å². The Kier molecular flexibility index (Phi) is 4.98. The van der Waals surface area contributed by atoms with Crippen LogP contribution >= 0.6 is 0 Å². The first-order valence-corrected chi connectivity index (χ1v) is 11.1. The Balaban J connectivity index is 1.85. The average molecular weight is 397 g/mol. The van der Waals surface area contributed by atoms with Crippen molar-refractivity contribution in [3.8, 4) is 11.5 Å². The van der Waals surface area contributed by atoms with Gasteiger partial charge in [-0.05, 0) is 49.4 Å². The molecule has 0 bridgehead atoms. The number of hydrogen-bond acceptors (Lipinski definition) is 5. The van der Waals surface area contributed by atoms with E-state index in [1.165, 1.54) is 0 Å². The van der Waals surface area contributed by atoms with E-state index in [1.807, 2.05) is 36.1 Å². The van der Waals surface area contributed by atoms with Gasteiger partial charge in [0.1, 0.15) is 0 Å². The van der Waals surface area contributed by atoms with Gasteiger partial charge in [-0.25, -0.2) is 8.42 Å². The summed E-state index contributed by atoms with van der Waals surface area (Å²) in [4.78, 5) is 6.73. The molecule has 0 radical (unpaired) electrons. The molecule has 0 unspecified atom stereocenters. The Bertz CT molecular complexity index is 1070. The molecular formula is C22H24N2O3S. The summed E-state index contributed by atoms with van der Waals surface area (Å²) in [6.45, 7) is 5.72. The second kappa shape index (κ2) is 7.43. The molecular weight excluding hydrogens is 372 g/mol. The van der Waals surface area contributed by atoms with Gasteiger partial charge in [0.2, 0.25) is 26.6 Å². The molecule has 0 spiro atoms. The highest BCUT2D eigenvalue weighted by molar-refractivity contribution is 7.91. The van der Waals surface area contributed by atoms with Crippen LogP contribution in [0, 0.1) is 12.8 Å². The summed E-state index contributed by atoms with van der Waals surface area (Å²) < 4.78 is 32.8. The van der Waals surface area contributed by atoms with Crippen LogP contribution in [0.3, 0.4) is 0 Å². The predicted molar refractivity (Wildman–Crippen MR) is 109 cm³/mol. The van der Waals surface area contributed by atoms with E-state index in [9.17, 15) is 8.42 Å². The van der Waals surface area contributed by atoms with E-state index in [-0.39, 0.29) is 9.92 Å². The molecule has 1 aliphatic rings.